The van der Waals surface area contributed by atoms with Crippen LogP contribution < -0.4 is 10.5 Å². The van der Waals surface area contributed by atoms with Gasteiger partial charge in [0.15, 0.2) is 0 Å². The number of aromatic nitrogens is 2. The number of hydrogen-bond acceptors (Lipinski definition) is 4. The van der Waals surface area contributed by atoms with E-state index < -0.39 is 10.0 Å². The molecule has 1 aromatic carbocycles. The molecule has 1 aromatic heterocycles. The predicted octanol–water partition coefficient (Wildman–Crippen LogP) is 0.306. The van der Waals surface area contributed by atoms with Gasteiger partial charge in [-0.15, -0.1) is 0 Å². The van der Waals surface area contributed by atoms with E-state index in [4.69, 9.17) is 5.14 Å². The van der Waals surface area contributed by atoms with E-state index in [2.05, 4.69) is 10.4 Å². The highest BCUT2D eigenvalue weighted by Gasteiger charge is 2.12. The van der Waals surface area contributed by atoms with E-state index in [1.165, 1.54) is 12.1 Å². The van der Waals surface area contributed by atoms with Gasteiger partial charge in [0, 0.05) is 19.8 Å². The smallest absolute Gasteiger partial charge is 0.255 e. The summed E-state index contributed by atoms with van der Waals surface area (Å²) in [7, 11) is -1.95. The highest BCUT2D eigenvalue weighted by molar-refractivity contribution is 7.89. The van der Waals surface area contributed by atoms with Crippen LogP contribution in [0.2, 0.25) is 0 Å². The number of amides is 1. The van der Waals surface area contributed by atoms with Crippen LogP contribution in [0.15, 0.2) is 35.4 Å². The first-order valence-corrected chi connectivity index (χ1v) is 7.72. The number of carbonyl (C=O) groups is 1. The van der Waals surface area contributed by atoms with Crippen molar-refractivity contribution in [2.75, 3.05) is 0 Å². The molecule has 0 saturated heterocycles. The van der Waals surface area contributed by atoms with Crippen molar-refractivity contribution >= 4 is 15.9 Å². The van der Waals surface area contributed by atoms with Gasteiger partial charge >= 0.3 is 0 Å². The minimum atomic E-state index is -3.70. The maximum Gasteiger partial charge on any atom is 0.255 e. The Kier molecular flexibility index (Phi) is 4.10. The topological polar surface area (TPSA) is 107 Å². The molecule has 0 radical (unpaired) electrons. The van der Waals surface area contributed by atoms with Crippen molar-refractivity contribution in [3.63, 3.8) is 0 Å². The predicted molar refractivity (Wildman–Crippen MR) is 76.9 cm³/mol. The second-order valence-corrected chi connectivity index (χ2v) is 6.23. The van der Waals surface area contributed by atoms with Crippen LogP contribution >= 0.6 is 0 Å². The first-order valence-electron chi connectivity index (χ1n) is 6.17. The van der Waals surface area contributed by atoms with Gasteiger partial charge in [-0.2, -0.15) is 5.10 Å². The molecule has 0 atom stereocenters. The first-order chi connectivity index (χ1) is 9.77. The highest BCUT2D eigenvalue weighted by Crippen LogP contribution is 2.09. The summed E-state index contributed by atoms with van der Waals surface area (Å²) in [5.41, 5.74) is 1.94. The summed E-state index contributed by atoms with van der Waals surface area (Å²) >= 11 is 0. The number of nitrogens with zero attached hydrogens (tertiary/aromatic N) is 2. The van der Waals surface area contributed by atoms with E-state index in [1.807, 2.05) is 0 Å². The molecule has 3 N–H and O–H groups in total. The maximum absolute atomic E-state index is 12.0. The highest BCUT2D eigenvalue weighted by atomic mass is 32.2. The third-order valence-electron chi connectivity index (χ3n) is 2.96. The summed E-state index contributed by atoms with van der Waals surface area (Å²) in [5, 5.41) is 11.9. The van der Waals surface area contributed by atoms with Gasteiger partial charge < -0.3 is 5.32 Å². The van der Waals surface area contributed by atoms with Gasteiger partial charge in [-0.25, -0.2) is 13.6 Å². The lowest BCUT2D eigenvalue weighted by Crippen LogP contribution is -2.23. The maximum atomic E-state index is 12.0. The normalized spacial score (nSPS) is 11.4. The molecule has 0 fully saturated rings. The molecule has 0 aliphatic carbocycles. The molecule has 21 heavy (non-hydrogen) atoms. The molecular weight excluding hydrogens is 292 g/mol. The zero-order chi connectivity index (χ0) is 15.6. The quantitative estimate of drug-likeness (QED) is 0.847. The molecule has 8 heteroatoms. The number of hydrogen-bond donors (Lipinski definition) is 2. The molecule has 0 unspecified atom stereocenters. The molecule has 0 aliphatic rings. The fraction of sp³-hybridized carbons (Fsp3) is 0.231. The van der Waals surface area contributed by atoms with Crippen molar-refractivity contribution in [2.45, 2.75) is 18.4 Å². The van der Waals surface area contributed by atoms with Gasteiger partial charge in [0.25, 0.3) is 5.91 Å². The fourth-order valence-electron chi connectivity index (χ4n) is 1.90. The molecule has 1 amide bonds. The number of carbonyl (C=O) groups excluding carboxylic acids is 1. The van der Waals surface area contributed by atoms with Crippen LogP contribution in [0.1, 0.15) is 21.6 Å². The van der Waals surface area contributed by atoms with Gasteiger partial charge in [-0.1, -0.05) is 12.1 Å². The standard InChI is InChI=1S/C13H16N4O3S/c1-9-12(8-17(2)16-9)13(18)15-7-10-3-5-11(6-4-10)21(14,19)20/h3-6,8H,7H2,1-2H3,(H,15,18)(H2,14,19,20). The van der Waals surface area contributed by atoms with Crippen molar-refractivity contribution < 1.29 is 13.2 Å². The second-order valence-electron chi connectivity index (χ2n) is 4.67. The van der Waals surface area contributed by atoms with Crippen molar-refractivity contribution in [1.82, 2.24) is 15.1 Å². The van der Waals surface area contributed by atoms with E-state index in [9.17, 15) is 13.2 Å². The van der Waals surface area contributed by atoms with E-state index >= 15 is 0 Å². The first kappa shape index (κ1) is 15.2. The Labute approximate surface area is 122 Å². The summed E-state index contributed by atoms with van der Waals surface area (Å²) < 4.78 is 23.8. The Hall–Kier alpha value is -2.19. The molecule has 2 rings (SSSR count). The van der Waals surface area contributed by atoms with E-state index in [-0.39, 0.29) is 17.3 Å². The molecule has 0 aliphatic heterocycles. The lowest BCUT2D eigenvalue weighted by Gasteiger charge is -2.05. The summed E-state index contributed by atoms with van der Waals surface area (Å²) in [6.45, 7) is 2.05. The lowest BCUT2D eigenvalue weighted by molar-refractivity contribution is 0.0950. The largest absolute Gasteiger partial charge is 0.348 e. The summed E-state index contributed by atoms with van der Waals surface area (Å²) in [5.74, 6) is -0.226. The minimum absolute atomic E-state index is 0.0423. The molecule has 0 saturated carbocycles. The monoisotopic (exact) mass is 308 g/mol. The van der Waals surface area contributed by atoms with E-state index in [0.29, 0.717) is 11.3 Å². The van der Waals surface area contributed by atoms with Gasteiger partial charge in [0.1, 0.15) is 0 Å². The molecule has 2 aromatic rings. The molecule has 0 bridgehead atoms. The average Bonchev–Trinajstić information content (AvgIpc) is 2.74. The number of nitrogens with two attached hydrogens (primary N) is 1. The zero-order valence-corrected chi connectivity index (χ0v) is 12.5. The molecule has 1 heterocycles. The summed E-state index contributed by atoms with van der Waals surface area (Å²) in [6.07, 6.45) is 1.65. The summed E-state index contributed by atoms with van der Waals surface area (Å²) in [6, 6.07) is 6.03. The SMILES string of the molecule is Cc1nn(C)cc1C(=O)NCc1ccc(S(N)(=O)=O)cc1. The molecule has 112 valence electrons. The molecule has 0 spiro atoms. The third kappa shape index (κ3) is 3.67. The number of rotatable bonds is 4. The van der Waals surface area contributed by atoms with Gasteiger partial charge in [0.05, 0.1) is 16.2 Å². The van der Waals surface area contributed by atoms with Crippen LogP contribution in [-0.2, 0) is 23.6 Å². The molecular formula is C13H16N4O3S. The van der Waals surface area contributed by atoms with Crippen molar-refractivity contribution in [2.24, 2.45) is 12.2 Å². The average molecular weight is 308 g/mol. The number of primary sulfonamides is 1. The minimum Gasteiger partial charge on any atom is -0.348 e. The third-order valence-corrected chi connectivity index (χ3v) is 3.89. The van der Waals surface area contributed by atoms with E-state index in [0.717, 1.165) is 5.56 Å². The van der Waals surface area contributed by atoms with E-state index in [1.54, 1.807) is 37.0 Å². The number of sulfonamides is 1. The van der Waals surface area contributed by atoms with Gasteiger partial charge in [-0.3, -0.25) is 9.48 Å². The van der Waals surface area contributed by atoms with Crippen LogP contribution in [-0.4, -0.2) is 24.1 Å². The number of nitrogens with one attached hydrogen (secondary N) is 1. The fourth-order valence-corrected chi connectivity index (χ4v) is 2.41. The second kappa shape index (κ2) is 5.66. The van der Waals surface area contributed by atoms with Gasteiger partial charge in [0.2, 0.25) is 10.0 Å². The zero-order valence-electron chi connectivity index (χ0n) is 11.7. The van der Waals surface area contributed by atoms with Crippen molar-refractivity contribution in [3.8, 4) is 0 Å². The Morgan fingerprint density at radius 1 is 1.33 bits per heavy atom. The van der Waals surface area contributed by atoms with Crippen molar-refractivity contribution in [3.05, 3.63) is 47.3 Å². The number of aryl methyl sites for hydroxylation is 2. The van der Waals surface area contributed by atoms with Gasteiger partial charge in [-0.05, 0) is 24.6 Å². The Bertz CT molecular complexity index is 763. The molecule has 7 nitrogen and oxygen atoms in total. The van der Waals surface area contributed by atoms with Crippen LogP contribution in [0.25, 0.3) is 0 Å². The summed E-state index contributed by atoms with van der Waals surface area (Å²) in [4.78, 5) is 12.0. The number of benzene rings is 1. The Balaban J connectivity index is 2.03. The van der Waals surface area contributed by atoms with Crippen LogP contribution in [0.3, 0.4) is 0 Å². The Morgan fingerprint density at radius 2 is 1.95 bits per heavy atom. The lowest BCUT2D eigenvalue weighted by atomic mass is 10.2. The Morgan fingerprint density at radius 3 is 2.43 bits per heavy atom. The van der Waals surface area contributed by atoms with Crippen molar-refractivity contribution in [1.29, 1.82) is 0 Å². The van der Waals surface area contributed by atoms with Crippen LogP contribution in [0.4, 0.5) is 0 Å². The van der Waals surface area contributed by atoms with Crippen LogP contribution in [0, 0.1) is 6.92 Å². The van der Waals surface area contributed by atoms with Crippen LogP contribution in [0.5, 0.6) is 0 Å².